The van der Waals surface area contributed by atoms with Gasteiger partial charge in [0.05, 0.1) is 7.11 Å². The number of aliphatic hydroxyl groups is 1. The van der Waals surface area contributed by atoms with Crippen LogP contribution in [0.25, 0.3) is 0 Å². The zero-order chi connectivity index (χ0) is 18.0. The second-order valence-electron chi connectivity index (χ2n) is 8.45. The third kappa shape index (κ3) is 3.81. The van der Waals surface area contributed by atoms with Crippen molar-refractivity contribution < 1.29 is 9.84 Å². The van der Waals surface area contributed by atoms with Crippen LogP contribution in [0.2, 0.25) is 0 Å². The van der Waals surface area contributed by atoms with E-state index in [-0.39, 0.29) is 17.0 Å². The molecule has 0 spiro atoms. The minimum atomic E-state index is -0.0345. The summed E-state index contributed by atoms with van der Waals surface area (Å²) in [4.78, 5) is 2.26. The van der Waals surface area contributed by atoms with E-state index in [1.165, 1.54) is 6.42 Å². The normalized spacial score (nSPS) is 27.7. The Bertz CT molecular complexity index is 524. The standard InChI is InChI=1S/C21H35NO2/c1-7-8-10-16-15-17(24-6)11-12-18(16)19(23)22-20(2,3)13-9-14-21(22,4)5/h11-12,15-16,23H,7-10,13-14H2,1-6H3/b19-18-. The maximum atomic E-state index is 11.3. The lowest BCUT2D eigenvalue weighted by atomic mass is 9.79. The molecule has 1 aliphatic heterocycles. The Morgan fingerprint density at radius 3 is 2.38 bits per heavy atom. The highest BCUT2D eigenvalue weighted by atomic mass is 16.5. The van der Waals surface area contributed by atoms with Gasteiger partial charge in [0.15, 0.2) is 5.88 Å². The molecule has 1 aliphatic carbocycles. The second kappa shape index (κ2) is 7.25. The summed E-state index contributed by atoms with van der Waals surface area (Å²) in [5, 5.41) is 11.3. The summed E-state index contributed by atoms with van der Waals surface area (Å²) in [5.74, 6) is 1.57. The lowest BCUT2D eigenvalue weighted by molar-refractivity contribution is -0.0342. The van der Waals surface area contributed by atoms with Crippen molar-refractivity contribution in [3.8, 4) is 0 Å². The van der Waals surface area contributed by atoms with E-state index in [0.717, 1.165) is 43.4 Å². The quantitative estimate of drug-likeness (QED) is 0.654. The molecule has 1 N–H and O–H groups in total. The van der Waals surface area contributed by atoms with E-state index in [1.54, 1.807) is 7.11 Å². The number of aliphatic hydroxyl groups excluding tert-OH is 1. The number of hydrogen-bond donors (Lipinski definition) is 1. The van der Waals surface area contributed by atoms with Crippen molar-refractivity contribution >= 4 is 0 Å². The Labute approximate surface area is 148 Å². The van der Waals surface area contributed by atoms with Gasteiger partial charge in [-0.1, -0.05) is 19.8 Å². The first-order chi connectivity index (χ1) is 11.2. The van der Waals surface area contributed by atoms with Crippen molar-refractivity contribution in [2.24, 2.45) is 5.92 Å². The molecule has 0 aromatic heterocycles. The SMILES string of the molecule is CCCCC1C=C(OC)C=C/C1=C(/O)N1C(C)(C)CCCC1(C)C. The molecule has 3 heteroatoms. The van der Waals surface area contributed by atoms with Gasteiger partial charge in [-0.3, -0.25) is 0 Å². The van der Waals surface area contributed by atoms with Gasteiger partial charge >= 0.3 is 0 Å². The lowest BCUT2D eigenvalue weighted by Gasteiger charge is -2.54. The summed E-state index contributed by atoms with van der Waals surface area (Å²) in [6.45, 7) is 11.2. The average Bonchev–Trinajstić information content (AvgIpc) is 2.50. The van der Waals surface area contributed by atoms with E-state index in [0.29, 0.717) is 5.88 Å². The van der Waals surface area contributed by atoms with E-state index in [9.17, 15) is 5.11 Å². The van der Waals surface area contributed by atoms with Crippen molar-refractivity contribution in [1.82, 2.24) is 4.90 Å². The minimum absolute atomic E-state index is 0.0345. The van der Waals surface area contributed by atoms with Crippen LogP contribution in [0.3, 0.4) is 0 Å². The number of ether oxygens (including phenoxy) is 1. The third-order valence-corrected chi connectivity index (χ3v) is 5.55. The number of methoxy groups -OCH3 is 1. The highest BCUT2D eigenvalue weighted by molar-refractivity contribution is 5.38. The van der Waals surface area contributed by atoms with E-state index in [2.05, 4.69) is 51.7 Å². The number of unbranched alkanes of at least 4 members (excludes halogenated alkanes) is 1. The van der Waals surface area contributed by atoms with Gasteiger partial charge in [-0.15, -0.1) is 0 Å². The average molecular weight is 334 g/mol. The van der Waals surface area contributed by atoms with Gasteiger partial charge in [-0.05, 0) is 71.6 Å². The molecule has 0 bridgehead atoms. The molecule has 2 aliphatic rings. The number of piperidine rings is 1. The molecule has 0 saturated carbocycles. The van der Waals surface area contributed by atoms with E-state index in [1.807, 2.05) is 6.08 Å². The highest BCUT2D eigenvalue weighted by Gasteiger charge is 2.43. The van der Waals surface area contributed by atoms with Crippen LogP contribution in [0.4, 0.5) is 0 Å². The molecule has 0 radical (unpaired) electrons. The summed E-state index contributed by atoms with van der Waals surface area (Å²) in [6.07, 6.45) is 13.0. The zero-order valence-corrected chi connectivity index (χ0v) is 16.4. The molecule has 2 rings (SSSR count). The Morgan fingerprint density at radius 1 is 1.21 bits per heavy atom. The van der Waals surface area contributed by atoms with E-state index in [4.69, 9.17) is 4.74 Å². The maximum Gasteiger partial charge on any atom is 0.191 e. The third-order valence-electron chi connectivity index (χ3n) is 5.55. The molecule has 1 unspecified atom stereocenters. The first kappa shape index (κ1) is 19.0. The molecule has 24 heavy (non-hydrogen) atoms. The summed E-state index contributed by atoms with van der Waals surface area (Å²) >= 11 is 0. The lowest BCUT2D eigenvalue weighted by Crippen LogP contribution is -2.58. The number of hydrogen-bond acceptors (Lipinski definition) is 3. The highest BCUT2D eigenvalue weighted by Crippen LogP contribution is 2.43. The fourth-order valence-corrected chi connectivity index (χ4v) is 4.38. The molecular weight excluding hydrogens is 298 g/mol. The fourth-order valence-electron chi connectivity index (χ4n) is 4.38. The molecule has 0 aromatic carbocycles. The topological polar surface area (TPSA) is 32.7 Å². The largest absolute Gasteiger partial charge is 0.497 e. The molecule has 1 fully saturated rings. The number of likely N-dealkylation sites (tertiary alicyclic amines) is 1. The van der Waals surface area contributed by atoms with Crippen LogP contribution >= 0.6 is 0 Å². The maximum absolute atomic E-state index is 11.3. The van der Waals surface area contributed by atoms with Crippen LogP contribution in [-0.4, -0.2) is 28.2 Å². The van der Waals surface area contributed by atoms with Gasteiger partial charge in [0.1, 0.15) is 5.76 Å². The Balaban J connectivity index is 2.43. The predicted octanol–water partition coefficient (Wildman–Crippen LogP) is 5.71. The van der Waals surface area contributed by atoms with Crippen molar-refractivity contribution in [3.05, 3.63) is 35.4 Å². The fraction of sp³-hybridized carbons (Fsp3) is 0.714. The van der Waals surface area contributed by atoms with Gasteiger partial charge < -0.3 is 14.7 Å². The molecule has 0 aromatic rings. The summed E-state index contributed by atoms with van der Waals surface area (Å²) in [6, 6.07) is 0. The van der Waals surface area contributed by atoms with Crippen molar-refractivity contribution in [1.29, 1.82) is 0 Å². The van der Waals surface area contributed by atoms with Gasteiger partial charge in [0.2, 0.25) is 0 Å². The Morgan fingerprint density at radius 2 is 1.83 bits per heavy atom. The molecule has 1 heterocycles. The van der Waals surface area contributed by atoms with Gasteiger partial charge in [0, 0.05) is 22.6 Å². The van der Waals surface area contributed by atoms with Crippen LogP contribution in [0.1, 0.15) is 73.1 Å². The summed E-state index contributed by atoms with van der Waals surface area (Å²) in [7, 11) is 1.71. The van der Waals surface area contributed by atoms with Crippen molar-refractivity contribution in [2.75, 3.05) is 7.11 Å². The van der Waals surface area contributed by atoms with Gasteiger partial charge in [-0.2, -0.15) is 0 Å². The molecule has 3 nitrogen and oxygen atoms in total. The van der Waals surface area contributed by atoms with E-state index < -0.39 is 0 Å². The van der Waals surface area contributed by atoms with Crippen LogP contribution in [-0.2, 0) is 4.74 Å². The molecule has 136 valence electrons. The molecule has 1 atom stereocenters. The summed E-state index contributed by atoms with van der Waals surface area (Å²) in [5.41, 5.74) is 0.966. The summed E-state index contributed by atoms with van der Waals surface area (Å²) < 4.78 is 5.41. The van der Waals surface area contributed by atoms with Gasteiger partial charge in [0.25, 0.3) is 0 Å². The number of allylic oxidation sites excluding steroid dienone is 4. The number of nitrogens with zero attached hydrogens (tertiary/aromatic N) is 1. The first-order valence-electron chi connectivity index (χ1n) is 9.40. The molecular formula is C21H35NO2. The monoisotopic (exact) mass is 333 g/mol. The molecule has 1 saturated heterocycles. The Kier molecular flexibility index (Phi) is 5.72. The number of rotatable bonds is 5. The van der Waals surface area contributed by atoms with Crippen LogP contribution in [0, 0.1) is 5.92 Å². The van der Waals surface area contributed by atoms with Gasteiger partial charge in [-0.25, -0.2) is 0 Å². The zero-order valence-electron chi connectivity index (χ0n) is 16.4. The Hall–Kier alpha value is -1.38. The van der Waals surface area contributed by atoms with Crippen LogP contribution < -0.4 is 0 Å². The van der Waals surface area contributed by atoms with Crippen LogP contribution in [0.5, 0.6) is 0 Å². The van der Waals surface area contributed by atoms with Crippen molar-refractivity contribution in [2.45, 2.75) is 84.2 Å². The smallest absolute Gasteiger partial charge is 0.191 e. The van der Waals surface area contributed by atoms with E-state index >= 15 is 0 Å². The minimum Gasteiger partial charge on any atom is -0.497 e. The first-order valence-corrected chi connectivity index (χ1v) is 9.40. The second-order valence-corrected chi connectivity index (χ2v) is 8.45. The molecule has 0 amide bonds. The van der Waals surface area contributed by atoms with Crippen molar-refractivity contribution in [3.63, 3.8) is 0 Å². The predicted molar refractivity (Wildman–Crippen MR) is 101 cm³/mol. The van der Waals surface area contributed by atoms with Crippen LogP contribution in [0.15, 0.2) is 35.4 Å².